The van der Waals surface area contributed by atoms with E-state index in [9.17, 15) is 9.59 Å². The Labute approximate surface area is 150 Å². The fourth-order valence-corrected chi connectivity index (χ4v) is 3.33. The summed E-state index contributed by atoms with van der Waals surface area (Å²) < 4.78 is 0. The molecule has 2 amide bonds. The Hall–Kier alpha value is -1.59. The molecule has 1 aromatic rings. The number of nitrogens with one attached hydrogen (secondary N) is 2. The second kappa shape index (κ2) is 9.04. The van der Waals surface area contributed by atoms with Gasteiger partial charge in [-0.1, -0.05) is 25.3 Å². The molecule has 0 bridgehead atoms. The minimum absolute atomic E-state index is 0. The average molecular weight is 354 g/mol. The molecule has 0 atom stereocenters. The van der Waals surface area contributed by atoms with E-state index in [2.05, 4.69) is 10.6 Å². The molecule has 4 N–H and O–H groups in total. The summed E-state index contributed by atoms with van der Waals surface area (Å²) in [6.45, 7) is 2.47. The highest BCUT2D eigenvalue weighted by molar-refractivity contribution is 5.97. The zero-order valence-electron chi connectivity index (χ0n) is 14.5. The van der Waals surface area contributed by atoms with Crippen LogP contribution in [0.2, 0.25) is 0 Å². The first-order valence-corrected chi connectivity index (χ1v) is 8.32. The molecule has 0 heterocycles. The summed E-state index contributed by atoms with van der Waals surface area (Å²) in [5.74, 6) is -0.180. The highest BCUT2D eigenvalue weighted by Gasteiger charge is 2.33. The molecule has 6 heteroatoms. The molecule has 1 aliphatic carbocycles. The summed E-state index contributed by atoms with van der Waals surface area (Å²) in [6.07, 6.45) is 6.03. The molecule has 0 aromatic heterocycles. The Morgan fingerprint density at radius 1 is 1.21 bits per heavy atom. The smallest absolute Gasteiger partial charge is 0.251 e. The van der Waals surface area contributed by atoms with Crippen molar-refractivity contribution in [2.45, 2.75) is 45.4 Å². The predicted molar refractivity (Wildman–Crippen MR) is 99.6 cm³/mol. The molecular weight excluding hydrogens is 326 g/mol. The molecule has 1 aliphatic rings. The molecule has 0 aliphatic heterocycles. The van der Waals surface area contributed by atoms with Crippen LogP contribution in [0.25, 0.3) is 0 Å². The first kappa shape index (κ1) is 20.5. The van der Waals surface area contributed by atoms with Gasteiger partial charge in [0.25, 0.3) is 5.91 Å². The number of benzene rings is 1. The van der Waals surface area contributed by atoms with Crippen molar-refractivity contribution in [3.63, 3.8) is 0 Å². The second-order valence-electron chi connectivity index (χ2n) is 6.60. The van der Waals surface area contributed by atoms with Crippen LogP contribution >= 0.6 is 12.4 Å². The van der Waals surface area contributed by atoms with E-state index in [1.807, 2.05) is 13.0 Å². The Balaban J connectivity index is 0.00000288. The molecule has 1 saturated carbocycles. The number of halogens is 1. The number of aryl methyl sites for hydroxylation is 1. The Morgan fingerprint density at radius 3 is 2.46 bits per heavy atom. The van der Waals surface area contributed by atoms with E-state index in [1.165, 1.54) is 6.42 Å². The molecule has 0 saturated heterocycles. The maximum absolute atomic E-state index is 12.5. The Kier molecular flexibility index (Phi) is 7.70. The first-order chi connectivity index (χ1) is 11.0. The van der Waals surface area contributed by atoms with Crippen molar-refractivity contribution in [2.24, 2.45) is 11.1 Å². The van der Waals surface area contributed by atoms with Gasteiger partial charge in [0, 0.05) is 24.7 Å². The number of amides is 2. The van der Waals surface area contributed by atoms with E-state index in [-0.39, 0.29) is 29.6 Å². The molecule has 134 valence electrons. The normalized spacial score (nSPS) is 16.0. The fraction of sp³-hybridized carbons (Fsp3) is 0.556. The predicted octanol–water partition coefficient (Wildman–Crippen LogP) is 3.01. The largest absolute Gasteiger partial charge is 0.355 e. The van der Waals surface area contributed by atoms with Crippen molar-refractivity contribution >= 4 is 29.9 Å². The Morgan fingerprint density at radius 2 is 1.88 bits per heavy atom. The summed E-state index contributed by atoms with van der Waals surface area (Å²) in [6, 6.07) is 5.33. The summed E-state index contributed by atoms with van der Waals surface area (Å²) in [7, 11) is 1.59. The van der Waals surface area contributed by atoms with Crippen molar-refractivity contribution in [1.82, 2.24) is 5.32 Å². The summed E-state index contributed by atoms with van der Waals surface area (Å²) in [4.78, 5) is 24.2. The molecule has 1 aromatic carbocycles. The number of carbonyl (C=O) groups excluding carboxylic acids is 2. The van der Waals surface area contributed by atoms with Gasteiger partial charge in [-0.2, -0.15) is 0 Å². The van der Waals surface area contributed by atoms with Crippen molar-refractivity contribution in [1.29, 1.82) is 0 Å². The maximum Gasteiger partial charge on any atom is 0.251 e. The highest BCUT2D eigenvalue weighted by Crippen LogP contribution is 2.38. The van der Waals surface area contributed by atoms with Gasteiger partial charge in [-0.05, 0) is 49.4 Å². The SMILES string of the molecule is CNC(=O)c1ccc(C)c(NC(=O)CC2(CN)CCCCC2)c1.Cl. The number of rotatable bonds is 5. The van der Waals surface area contributed by atoms with Crippen molar-refractivity contribution < 1.29 is 9.59 Å². The molecule has 2 rings (SSSR count). The summed E-state index contributed by atoms with van der Waals surface area (Å²) >= 11 is 0. The third kappa shape index (κ3) is 4.95. The van der Waals surface area contributed by atoms with Crippen LogP contribution in [0, 0.1) is 12.3 Å². The zero-order chi connectivity index (χ0) is 16.9. The maximum atomic E-state index is 12.5. The lowest BCUT2D eigenvalue weighted by atomic mass is 9.71. The lowest BCUT2D eigenvalue weighted by Crippen LogP contribution is -2.36. The average Bonchev–Trinajstić information content (AvgIpc) is 2.57. The summed E-state index contributed by atoms with van der Waals surface area (Å²) in [5, 5.41) is 5.56. The lowest BCUT2D eigenvalue weighted by molar-refractivity contribution is -0.118. The third-order valence-electron chi connectivity index (χ3n) is 4.88. The number of anilines is 1. The number of carbonyl (C=O) groups is 2. The van der Waals surface area contributed by atoms with Gasteiger partial charge in [0.15, 0.2) is 0 Å². The lowest BCUT2D eigenvalue weighted by Gasteiger charge is -2.35. The van der Waals surface area contributed by atoms with Crippen LogP contribution in [0.15, 0.2) is 18.2 Å². The minimum atomic E-state index is -0.161. The number of hydrogen-bond donors (Lipinski definition) is 3. The minimum Gasteiger partial charge on any atom is -0.355 e. The molecule has 0 radical (unpaired) electrons. The van der Waals surface area contributed by atoms with Gasteiger partial charge in [-0.3, -0.25) is 9.59 Å². The van der Waals surface area contributed by atoms with Gasteiger partial charge >= 0.3 is 0 Å². The number of nitrogens with two attached hydrogens (primary N) is 1. The Bertz CT molecular complexity index is 584. The van der Waals surface area contributed by atoms with Crippen molar-refractivity contribution in [2.75, 3.05) is 18.9 Å². The van der Waals surface area contributed by atoms with Gasteiger partial charge in [0.05, 0.1) is 0 Å². The topological polar surface area (TPSA) is 84.2 Å². The van der Waals surface area contributed by atoms with Crippen LogP contribution in [-0.2, 0) is 4.79 Å². The van der Waals surface area contributed by atoms with Gasteiger partial charge in [0.1, 0.15) is 0 Å². The van der Waals surface area contributed by atoms with Gasteiger partial charge < -0.3 is 16.4 Å². The van der Waals surface area contributed by atoms with E-state index in [0.29, 0.717) is 24.2 Å². The van der Waals surface area contributed by atoms with Gasteiger partial charge in [-0.25, -0.2) is 0 Å². The van der Waals surface area contributed by atoms with Crippen LogP contribution < -0.4 is 16.4 Å². The van der Waals surface area contributed by atoms with Crippen LogP contribution in [0.1, 0.15) is 54.4 Å². The quantitative estimate of drug-likeness (QED) is 0.760. The van der Waals surface area contributed by atoms with E-state index < -0.39 is 0 Å². The molecule has 5 nitrogen and oxygen atoms in total. The van der Waals surface area contributed by atoms with Crippen LogP contribution in [0.5, 0.6) is 0 Å². The zero-order valence-corrected chi connectivity index (χ0v) is 15.3. The van der Waals surface area contributed by atoms with Crippen LogP contribution in [-0.4, -0.2) is 25.4 Å². The van der Waals surface area contributed by atoms with Gasteiger partial charge in [0.2, 0.25) is 5.91 Å². The molecule has 0 spiro atoms. The van der Waals surface area contributed by atoms with E-state index in [0.717, 1.165) is 31.2 Å². The first-order valence-electron chi connectivity index (χ1n) is 8.32. The monoisotopic (exact) mass is 353 g/mol. The van der Waals surface area contributed by atoms with E-state index in [1.54, 1.807) is 19.2 Å². The van der Waals surface area contributed by atoms with Crippen molar-refractivity contribution in [3.8, 4) is 0 Å². The van der Waals surface area contributed by atoms with Gasteiger partial charge in [-0.15, -0.1) is 12.4 Å². The molecule has 0 unspecified atom stereocenters. The molecule has 1 fully saturated rings. The second-order valence-corrected chi connectivity index (χ2v) is 6.60. The standard InChI is InChI=1S/C18H27N3O2.ClH/c1-13-6-7-14(17(23)20-2)10-15(13)21-16(22)11-18(12-19)8-4-3-5-9-18;/h6-7,10H,3-5,8-9,11-12,19H2,1-2H3,(H,20,23)(H,21,22);1H. The third-order valence-corrected chi connectivity index (χ3v) is 4.88. The summed E-state index contributed by atoms with van der Waals surface area (Å²) in [5.41, 5.74) is 8.07. The number of hydrogen-bond acceptors (Lipinski definition) is 3. The molecular formula is C18H28ClN3O2. The molecule has 24 heavy (non-hydrogen) atoms. The van der Waals surface area contributed by atoms with Crippen molar-refractivity contribution in [3.05, 3.63) is 29.3 Å². The van der Waals surface area contributed by atoms with Crippen LogP contribution in [0.3, 0.4) is 0 Å². The van der Waals surface area contributed by atoms with Crippen LogP contribution in [0.4, 0.5) is 5.69 Å². The fourth-order valence-electron chi connectivity index (χ4n) is 3.33. The van der Waals surface area contributed by atoms with E-state index in [4.69, 9.17) is 5.73 Å². The van der Waals surface area contributed by atoms with E-state index >= 15 is 0 Å². The highest BCUT2D eigenvalue weighted by atomic mass is 35.5.